The summed E-state index contributed by atoms with van der Waals surface area (Å²) in [6.45, 7) is 2.09. The van der Waals surface area contributed by atoms with Crippen LogP contribution in [0.3, 0.4) is 0 Å². The van der Waals surface area contributed by atoms with Gasteiger partial charge in [0.25, 0.3) is 0 Å². The number of pyridine rings is 1. The molecule has 0 aliphatic carbocycles. The molecule has 3 aromatic rings. The van der Waals surface area contributed by atoms with Crippen LogP contribution in [0.5, 0.6) is 0 Å². The molecule has 3 heterocycles. The number of carbonyl (C=O) groups is 1. The molecule has 23 heavy (non-hydrogen) atoms. The zero-order valence-electron chi connectivity index (χ0n) is 12.7. The number of thioether (sulfide) groups is 1. The third kappa shape index (κ3) is 2.49. The van der Waals surface area contributed by atoms with Crippen molar-refractivity contribution in [2.75, 3.05) is 10.7 Å². The molecule has 4 rings (SSSR count). The quantitative estimate of drug-likeness (QED) is 0.695. The summed E-state index contributed by atoms with van der Waals surface area (Å²) in [7, 11) is 0. The highest BCUT2D eigenvalue weighted by molar-refractivity contribution is 7.99. The summed E-state index contributed by atoms with van der Waals surface area (Å²) in [5.74, 6) is 0.467. The summed E-state index contributed by atoms with van der Waals surface area (Å²) in [6, 6.07) is 14.1. The van der Waals surface area contributed by atoms with Gasteiger partial charge >= 0.3 is 0 Å². The molecule has 1 atom stereocenters. The summed E-state index contributed by atoms with van der Waals surface area (Å²) < 4.78 is 1.90. The number of rotatable bonds is 3. The summed E-state index contributed by atoms with van der Waals surface area (Å²) in [6.07, 6.45) is 2.83. The Kier molecular flexibility index (Phi) is 3.53. The third-order valence-corrected chi connectivity index (χ3v) is 5.01. The molecule has 0 radical (unpaired) electrons. The van der Waals surface area contributed by atoms with Gasteiger partial charge < -0.3 is 4.90 Å². The Morgan fingerprint density at radius 2 is 2.04 bits per heavy atom. The number of benzene rings is 1. The number of para-hydroxylation sites is 1. The van der Waals surface area contributed by atoms with E-state index in [9.17, 15) is 4.79 Å². The predicted molar refractivity (Wildman–Crippen MR) is 90.8 cm³/mol. The van der Waals surface area contributed by atoms with Gasteiger partial charge in [-0.05, 0) is 37.1 Å². The second kappa shape index (κ2) is 5.70. The standard InChI is InChI=1S/C17H16N4OS/c1-12-10-13-6-2-3-7-14(13)21(12)16(22)11-23-17-19-18-15-8-4-5-9-20(15)17/h2-9,12H,10-11H2,1H3/t12-/m1/s1. The molecular formula is C17H16N4OS. The van der Waals surface area contributed by atoms with Crippen molar-refractivity contribution >= 4 is 29.0 Å². The zero-order valence-corrected chi connectivity index (χ0v) is 13.5. The van der Waals surface area contributed by atoms with Crippen LogP contribution in [-0.4, -0.2) is 32.3 Å². The van der Waals surface area contributed by atoms with Gasteiger partial charge in [-0.3, -0.25) is 9.20 Å². The maximum absolute atomic E-state index is 12.7. The minimum atomic E-state index is 0.111. The van der Waals surface area contributed by atoms with Gasteiger partial charge in [0, 0.05) is 17.9 Å². The summed E-state index contributed by atoms with van der Waals surface area (Å²) in [4.78, 5) is 14.6. The molecule has 116 valence electrons. The van der Waals surface area contributed by atoms with Crippen molar-refractivity contribution in [3.8, 4) is 0 Å². The maximum atomic E-state index is 12.7. The van der Waals surface area contributed by atoms with Crippen molar-refractivity contribution < 1.29 is 4.79 Å². The Bertz CT molecular complexity index is 876. The molecular weight excluding hydrogens is 308 g/mol. The monoisotopic (exact) mass is 324 g/mol. The Balaban J connectivity index is 1.52. The largest absolute Gasteiger partial charge is 0.308 e. The van der Waals surface area contributed by atoms with E-state index < -0.39 is 0 Å². The van der Waals surface area contributed by atoms with Gasteiger partial charge in [0.2, 0.25) is 5.91 Å². The lowest BCUT2D eigenvalue weighted by molar-refractivity contribution is -0.116. The first-order valence-corrected chi connectivity index (χ1v) is 8.55. The van der Waals surface area contributed by atoms with Gasteiger partial charge in [-0.1, -0.05) is 36.0 Å². The van der Waals surface area contributed by atoms with Crippen LogP contribution in [0.4, 0.5) is 5.69 Å². The fourth-order valence-corrected chi connectivity index (χ4v) is 3.84. The smallest absolute Gasteiger partial charge is 0.237 e. The van der Waals surface area contributed by atoms with E-state index in [0.29, 0.717) is 5.75 Å². The molecule has 2 aromatic heterocycles. The van der Waals surface area contributed by atoms with E-state index in [1.165, 1.54) is 17.3 Å². The van der Waals surface area contributed by atoms with Crippen molar-refractivity contribution in [1.29, 1.82) is 0 Å². The summed E-state index contributed by atoms with van der Waals surface area (Å²) >= 11 is 1.43. The van der Waals surface area contributed by atoms with Crippen LogP contribution >= 0.6 is 11.8 Å². The molecule has 1 aliphatic rings. The van der Waals surface area contributed by atoms with Gasteiger partial charge in [-0.2, -0.15) is 0 Å². The molecule has 1 amide bonds. The molecule has 0 unspecified atom stereocenters. The van der Waals surface area contributed by atoms with Gasteiger partial charge in [0.15, 0.2) is 10.8 Å². The Morgan fingerprint density at radius 1 is 1.22 bits per heavy atom. The number of carbonyl (C=O) groups excluding carboxylic acids is 1. The van der Waals surface area contributed by atoms with Crippen molar-refractivity contribution in [2.45, 2.75) is 24.5 Å². The van der Waals surface area contributed by atoms with E-state index in [1.54, 1.807) is 0 Å². The van der Waals surface area contributed by atoms with E-state index in [2.05, 4.69) is 23.2 Å². The van der Waals surface area contributed by atoms with Crippen LogP contribution in [0.15, 0.2) is 53.8 Å². The Morgan fingerprint density at radius 3 is 2.96 bits per heavy atom. The molecule has 5 nitrogen and oxygen atoms in total. The number of amides is 1. The summed E-state index contributed by atoms with van der Waals surface area (Å²) in [5, 5.41) is 9.02. The molecule has 1 aliphatic heterocycles. The van der Waals surface area contributed by atoms with E-state index in [1.807, 2.05) is 51.9 Å². The fourth-order valence-electron chi connectivity index (χ4n) is 3.06. The highest BCUT2D eigenvalue weighted by Gasteiger charge is 2.30. The SMILES string of the molecule is C[C@@H]1Cc2ccccc2N1C(=O)CSc1nnc2ccccn12. The lowest BCUT2D eigenvalue weighted by Crippen LogP contribution is -2.37. The van der Waals surface area contributed by atoms with Crippen molar-refractivity contribution in [2.24, 2.45) is 0 Å². The molecule has 0 bridgehead atoms. The predicted octanol–water partition coefficient (Wildman–Crippen LogP) is 2.80. The fraction of sp³-hybridized carbons (Fsp3) is 0.235. The number of fused-ring (bicyclic) bond motifs is 2. The highest BCUT2D eigenvalue weighted by atomic mass is 32.2. The molecule has 1 aromatic carbocycles. The van der Waals surface area contributed by atoms with Gasteiger partial charge in [-0.25, -0.2) is 0 Å². The number of hydrogen-bond acceptors (Lipinski definition) is 4. The molecule has 0 N–H and O–H groups in total. The van der Waals surface area contributed by atoms with Crippen LogP contribution in [-0.2, 0) is 11.2 Å². The van der Waals surface area contributed by atoms with Crippen LogP contribution in [0.2, 0.25) is 0 Å². The van der Waals surface area contributed by atoms with Crippen LogP contribution in [0.1, 0.15) is 12.5 Å². The average Bonchev–Trinajstić information content (AvgIpc) is 3.12. The minimum Gasteiger partial charge on any atom is -0.308 e. The Labute approximate surface area is 138 Å². The maximum Gasteiger partial charge on any atom is 0.237 e. The second-order valence-electron chi connectivity index (χ2n) is 5.65. The third-order valence-electron chi connectivity index (χ3n) is 4.08. The minimum absolute atomic E-state index is 0.111. The number of anilines is 1. The van der Waals surface area contributed by atoms with Crippen LogP contribution in [0.25, 0.3) is 5.65 Å². The summed E-state index contributed by atoms with van der Waals surface area (Å²) in [5.41, 5.74) is 3.07. The first-order valence-electron chi connectivity index (χ1n) is 7.56. The molecule has 0 saturated heterocycles. The number of nitrogens with zero attached hydrogens (tertiary/aromatic N) is 4. The van der Waals surface area contributed by atoms with Crippen molar-refractivity contribution in [3.63, 3.8) is 0 Å². The van der Waals surface area contributed by atoms with Crippen LogP contribution in [0, 0.1) is 0 Å². The number of aromatic nitrogens is 3. The van der Waals surface area contributed by atoms with Crippen LogP contribution < -0.4 is 4.90 Å². The van der Waals surface area contributed by atoms with E-state index in [4.69, 9.17) is 0 Å². The zero-order chi connectivity index (χ0) is 15.8. The number of hydrogen-bond donors (Lipinski definition) is 0. The molecule has 6 heteroatoms. The van der Waals surface area contributed by atoms with Gasteiger partial charge in [0.05, 0.1) is 5.75 Å². The molecule has 0 spiro atoms. The average molecular weight is 324 g/mol. The lowest BCUT2D eigenvalue weighted by atomic mass is 10.1. The molecule has 0 fully saturated rings. The lowest BCUT2D eigenvalue weighted by Gasteiger charge is -2.22. The first-order chi connectivity index (χ1) is 11.2. The van der Waals surface area contributed by atoms with Crippen molar-refractivity contribution in [3.05, 3.63) is 54.2 Å². The topological polar surface area (TPSA) is 50.5 Å². The van der Waals surface area contributed by atoms with E-state index >= 15 is 0 Å². The van der Waals surface area contributed by atoms with Crippen molar-refractivity contribution in [1.82, 2.24) is 14.6 Å². The van der Waals surface area contributed by atoms with Gasteiger partial charge in [-0.15, -0.1) is 10.2 Å². The highest BCUT2D eigenvalue weighted by Crippen LogP contribution is 2.32. The first kappa shape index (κ1) is 14.3. The van der Waals surface area contributed by atoms with E-state index in [0.717, 1.165) is 22.9 Å². The molecule has 0 saturated carbocycles. The Hall–Kier alpha value is -2.34. The van der Waals surface area contributed by atoms with E-state index in [-0.39, 0.29) is 11.9 Å². The normalized spacial score (nSPS) is 16.7. The second-order valence-corrected chi connectivity index (χ2v) is 6.59. The van der Waals surface area contributed by atoms with Gasteiger partial charge in [0.1, 0.15) is 0 Å².